The number of hydrogen-bond donors (Lipinski definition) is 3. The molecule has 0 bridgehead atoms. The molecule has 0 spiro atoms. The summed E-state index contributed by atoms with van der Waals surface area (Å²) in [6, 6.07) is 3.79. The highest BCUT2D eigenvalue weighted by molar-refractivity contribution is 5.54. The molecule has 1 saturated heterocycles. The van der Waals surface area contributed by atoms with Gasteiger partial charge in [-0.2, -0.15) is 10.1 Å². The van der Waals surface area contributed by atoms with Crippen molar-refractivity contribution in [1.82, 2.24) is 20.2 Å². The van der Waals surface area contributed by atoms with Gasteiger partial charge in [0.1, 0.15) is 12.0 Å². The van der Waals surface area contributed by atoms with Gasteiger partial charge in [0, 0.05) is 36.3 Å². The fourth-order valence-corrected chi connectivity index (χ4v) is 2.92. The number of nitrogens with zero attached hydrogens (tertiary/aromatic N) is 4. The predicted octanol–water partition coefficient (Wildman–Crippen LogP) is 1.55. The third kappa shape index (κ3) is 2.98. The smallest absolute Gasteiger partial charge is 0.227 e. The summed E-state index contributed by atoms with van der Waals surface area (Å²) in [5, 5.41) is 10.5. The van der Waals surface area contributed by atoms with Crippen molar-refractivity contribution < 1.29 is 4.39 Å². The van der Waals surface area contributed by atoms with Crippen molar-refractivity contribution in [3.8, 4) is 0 Å². The van der Waals surface area contributed by atoms with Crippen LogP contribution >= 0.6 is 0 Å². The maximum Gasteiger partial charge on any atom is 0.227 e. The summed E-state index contributed by atoms with van der Waals surface area (Å²) in [4.78, 5) is 10.6. The molecule has 2 aromatic heterocycles. The molecule has 7 nitrogen and oxygen atoms in total. The molecule has 1 aliphatic carbocycles. The normalized spacial score (nSPS) is 24.2. The van der Waals surface area contributed by atoms with Crippen LogP contribution in [0.3, 0.4) is 0 Å². The number of nitrogens with one attached hydrogen (secondary N) is 2. The van der Waals surface area contributed by atoms with Crippen molar-refractivity contribution in [3.63, 3.8) is 0 Å². The van der Waals surface area contributed by atoms with Crippen LogP contribution in [0.4, 0.5) is 22.0 Å². The Balaban J connectivity index is 1.47. The second kappa shape index (κ2) is 5.77. The van der Waals surface area contributed by atoms with Crippen LogP contribution in [0, 0.1) is 5.92 Å². The first-order valence-electron chi connectivity index (χ1n) is 7.97. The predicted molar refractivity (Wildman–Crippen MR) is 85.5 cm³/mol. The number of alkyl halides is 1. The highest BCUT2D eigenvalue weighted by Crippen LogP contribution is 2.39. The van der Waals surface area contributed by atoms with E-state index in [2.05, 4.69) is 25.5 Å². The van der Waals surface area contributed by atoms with Gasteiger partial charge in [0.25, 0.3) is 0 Å². The van der Waals surface area contributed by atoms with Crippen LogP contribution in [-0.4, -0.2) is 46.0 Å². The van der Waals surface area contributed by atoms with E-state index in [4.69, 9.17) is 5.73 Å². The number of halogens is 1. The second-order valence-corrected chi connectivity index (χ2v) is 6.27. The Morgan fingerprint density at radius 1 is 1.35 bits per heavy atom. The van der Waals surface area contributed by atoms with Gasteiger partial charge < -0.3 is 16.0 Å². The molecule has 4 N–H and O–H groups in total. The lowest BCUT2D eigenvalue weighted by molar-refractivity contribution is 0.289. The summed E-state index contributed by atoms with van der Waals surface area (Å²) in [7, 11) is 0. The monoisotopic (exact) mass is 317 g/mol. The van der Waals surface area contributed by atoms with E-state index in [1.165, 1.54) is 12.8 Å². The molecule has 2 aromatic rings. The zero-order valence-corrected chi connectivity index (χ0v) is 12.7. The van der Waals surface area contributed by atoms with Crippen molar-refractivity contribution in [2.75, 3.05) is 29.9 Å². The summed E-state index contributed by atoms with van der Waals surface area (Å²) in [5.74, 6) is 2.38. The quantitative estimate of drug-likeness (QED) is 0.774. The Morgan fingerprint density at radius 3 is 2.96 bits per heavy atom. The zero-order valence-electron chi connectivity index (χ0n) is 12.7. The van der Waals surface area contributed by atoms with Gasteiger partial charge in [0.15, 0.2) is 5.82 Å². The Morgan fingerprint density at radius 2 is 2.22 bits per heavy atom. The molecule has 1 saturated carbocycles. The molecule has 1 aliphatic heterocycles. The number of anilines is 3. The van der Waals surface area contributed by atoms with Crippen molar-refractivity contribution in [2.24, 2.45) is 11.7 Å². The molecule has 8 heteroatoms. The molecule has 2 fully saturated rings. The lowest BCUT2D eigenvalue weighted by Crippen LogP contribution is -2.24. The van der Waals surface area contributed by atoms with E-state index >= 15 is 0 Å². The van der Waals surface area contributed by atoms with E-state index in [1.54, 1.807) is 12.3 Å². The number of H-pyrrole nitrogens is 1. The molecule has 0 radical (unpaired) electrons. The van der Waals surface area contributed by atoms with Crippen LogP contribution in [0.25, 0.3) is 0 Å². The summed E-state index contributed by atoms with van der Waals surface area (Å²) >= 11 is 0. The number of rotatable bonds is 5. The van der Waals surface area contributed by atoms with E-state index in [0.717, 1.165) is 11.5 Å². The third-order valence-corrected chi connectivity index (χ3v) is 4.46. The van der Waals surface area contributed by atoms with Gasteiger partial charge in [-0.05, 0) is 25.5 Å². The van der Waals surface area contributed by atoms with Crippen LogP contribution in [0.2, 0.25) is 0 Å². The molecule has 122 valence electrons. The first-order chi connectivity index (χ1) is 11.2. The highest BCUT2D eigenvalue weighted by Gasteiger charge is 2.33. The van der Waals surface area contributed by atoms with Gasteiger partial charge in [0.2, 0.25) is 5.95 Å². The van der Waals surface area contributed by atoms with E-state index in [-0.39, 0.29) is 5.92 Å². The molecule has 0 aromatic carbocycles. The fourth-order valence-electron chi connectivity index (χ4n) is 2.92. The standard InChI is InChI=1S/C15H20FN7/c16-11-8-23(7-10(11)6-17)15-18-4-3-13(20-15)19-14-5-12(21-22-14)9-1-2-9/h3-5,9-11H,1-2,6-8,17H2,(H2,18,19,20,21,22)/t10-,11+/m0/s1. The topological polar surface area (TPSA) is 95.8 Å². The molecular weight excluding hydrogens is 297 g/mol. The Bertz CT molecular complexity index is 684. The molecule has 4 rings (SSSR count). The molecular formula is C15H20FN7. The minimum Gasteiger partial charge on any atom is -0.337 e. The first kappa shape index (κ1) is 14.4. The van der Waals surface area contributed by atoms with Gasteiger partial charge in [-0.1, -0.05) is 0 Å². The van der Waals surface area contributed by atoms with Gasteiger partial charge in [-0.3, -0.25) is 5.10 Å². The highest BCUT2D eigenvalue weighted by atomic mass is 19.1. The van der Waals surface area contributed by atoms with Crippen LogP contribution in [0.1, 0.15) is 24.5 Å². The number of aromatic amines is 1. The van der Waals surface area contributed by atoms with Gasteiger partial charge >= 0.3 is 0 Å². The Kier molecular flexibility index (Phi) is 3.60. The summed E-state index contributed by atoms with van der Waals surface area (Å²) in [6.07, 6.45) is 3.19. The number of aromatic nitrogens is 4. The van der Waals surface area contributed by atoms with Gasteiger partial charge in [0.05, 0.1) is 6.54 Å². The van der Waals surface area contributed by atoms with Crippen molar-refractivity contribution in [1.29, 1.82) is 0 Å². The maximum absolute atomic E-state index is 13.8. The Hall–Kier alpha value is -2.22. The number of hydrogen-bond acceptors (Lipinski definition) is 6. The average Bonchev–Trinajstić information content (AvgIpc) is 3.19. The van der Waals surface area contributed by atoms with Crippen LogP contribution in [0.5, 0.6) is 0 Å². The van der Waals surface area contributed by atoms with Crippen LogP contribution in [-0.2, 0) is 0 Å². The fraction of sp³-hybridized carbons (Fsp3) is 0.533. The van der Waals surface area contributed by atoms with E-state index < -0.39 is 6.17 Å². The minimum absolute atomic E-state index is 0.150. The maximum atomic E-state index is 13.8. The van der Waals surface area contributed by atoms with Crippen molar-refractivity contribution >= 4 is 17.6 Å². The van der Waals surface area contributed by atoms with E-state index in [0.29, 0.717) is 37.3 Å². The SMILES string of the molecule is NC[C@H]1CN(c2nccc(Nc3cc(C4CC4)[nH]n3)n2)C[C@H]1F. The lowest BCUT2D eigenvalue weighted by atomic mass is 10.1. The van der Waals surface area contributed by atoms with Gasteiger partial charge in [-0.25, -0.2) is 9.37 Å². The van der Waals surface area contributed by atoms with Crippen LogP contribution in [0.15, 0.2) is 18.3 Å². The van der Waals surface area contributed by atoms with Crippen LogP contribution < -0.4 is 16.0 Å². The van der Waals surface area contributed by atoms with Gasteiger partial charge in [-0.15, -0.1) is 0 Å². The van der Waals surface area contributed by atoms with E-state index in [1.807, 2.05) is 11.0 Å². The molecule has 2 aliphatic rings. The second-order valence-electron chi connectivity index (χ2n) is 6.27. The molecule has 0 amide bonds. The number of nitrogens with two attached hydrogens (primary N) is 1. The van der Waals surface area contributed by atoms with Crippen molar-refractivity contribution in [2.45, 2.75) is 24.9 Å². The zero-order chi connectivity index (χ0) is 15.8. The molecule has 3 heterocycles. The third-order valence-electron chi connectivity index (χ3n) is 4.46. The summed E-state index contributed by atoms with van der Waals surface area (Å²) < 4.78 is 13.8. The average molecular weight is 317 g/mol. The van der Waals surface area contributed by atoms with Crippen molar-refractivity contribution in [3.05, 3.63) is 24.0 Å². The molecule has 2 atom stereocenters. The molecule has 23 heavy (non-hydrogen) atoms. The lowest BCUT2D eigenvalue weighted by Gasteiger charge is -2.16. The largest absolute Gasteiger partial charge is 0.337 e. The molecule has 0 unspecified atom stereocenters. The minimum atomic E-state index is -0.923. The summed E-state index contributed by atoms with van der Waals surface area (Å²) in [5.41, 5.74) is 6.76. The first-order valence-corrected chi connectivity index (χ1v) is 7.97. The summed E-state index contributed by atoms with van der Waals surface area (Å²) in [6.45, 7) is 1.18. The van der Waals surface area contributed by atoms with E-state index in [9.17, 15) is 4.39 Å². The Labute approximate surface area is 133 Å².